The molecule has 0 aliphatic carbocycles. The van der Waals surface area contributed by atoms with Crippen molar-refractivity contribution in [3.05, 3.63) is 58.7 Å². The SMILES string of the molecule is CC(/C=C/C=C(\C)c1cc(C(C)(C)C)c(ON(C)C)c(C(C)(C)C)c1)=C\C(=O)O. The van der Waals surface area contributed by atoms with Crippen LogP contribution in [0.2, 0.25) is 0 Å². The number of nitrogens with zero attached hydrogens (tertiary/aromatic N) is 1. The Labute approximate surface area is 176 Å². The lowest BCUT2D eigenvalue weighted by Gasteiger charge is -2.31. The summed E-state index contributed by atoms with van der Waals surface area (Å²) in [6, 6.07) is 4.40. The summed E-state index contributed by atoms with van der Waals surface area (Å²) in [5.74, 6) is -0.0173. The molecule has 29 heavy (non-hydrogen) atoms. The Hall–Kier alpha value is -2.33. The molecular formula is C25H37NO3. The van der Waals surface area contributed by atoms with Crippen LogP contribution in [-0.4, -0.2) is 30.2 Å². The summed E-state index contributed by atoms with van der Waals surface area (Å²) in [6.45, 7) is 17.0. The molecule has 0 fully saturated rings. The number of carbonyl (C=O) groups is 1. The van der Waals surface area contributed by atoms with Crippen LogP contribution in [0.1, 0.15) is 72.1 Å². The quantitative estimate of drug-likeness (QED) is 0.355. The van der Waals surface area contributed by atoms with Crippen LogP contribution in [0.25, 0.3) is 5.57 Å². The van der Waals surface area contributed by atoms with E-state index in [1.165, 1.54) is 6.08 Å². The fraction of sp³-hybridized carbons (Fsp3) is 0.480. The van der Waals surface area contributed by atoms with Crippen LogP contribution in [0.15, 0.2) is 42.0 Å². The van der Waals surface area contributed by atoms with E-state index in [1.54, 1.807) is 18.1 Å². The highest BCUT2D eigenvalue weighted by Crippen LogP contribution is 2.42. The first-order chi connectivity index (χ1) is 13.1. The van der Waals surface area contributed by atoms with E-state index >= 15 is 0 Å². The first-order valence-corrected chi connectivity index (χ1v) is 9.93. The van der Waals surface area contributed by atoms with Gasteiger partial charge in [-0.05, 0) is 53.5 Å². The largest absolute Gasteiger partial charge is 0.478 e. The van der Waals surface area contributed by atoms with Crippen molar-refractivity contribution in [2.24, 2.45) is 0 Å². The van der Waals surface area contributed by atoms with Gasteiger partial charge in [0.15, 0.2) is 5.75 Å². The highest BCUT2D eigenvalue weighted by Gasteiger charge is 2.28. The summed E-state index contributed by atoms with van der Waals surface area (Å²) in [5, 5.41) is 10.6. The standard InChI is InChI=1S/C25H37NO3/c1-17(14-22(27)28)12-11-13-18(2)19-15-20(24(3,4)5)23(29-26(9)10)21(16-19)25(6,7)8/h11-16H,1-10H3,(H,27,28)/b12-11+,17-14+,18-13+. The molecule has 0 aliphatic heterocycles. The first kappa shape index (κ1) is 24.7. The number of hydroxylamine groups is 2. The van der Waals surface area contributed by atoms with E-state index in [1.807, 2.05) is 26.2 Å². The minimum absolute atomic E-state index is 0.0850. The predicted molar refractivity (Wildman–Crippen MR) is 122 cm³/mol. The second kappa shape index (κ2) is 9.45. The van der Waals surface area contributed by atoms with Crippen LogP contribution >= 0.6 is 0 Å². The molecule has 0 aromatic heterocycles. The van der Waals surface area contributed by atoms with Crippen LogP contribution in [-0.2, 0) is 15.6 Å². The van der Waals surface area contributed by atoms with Crippen molar-refractivity contribution in [3.8, 4) is 5.75 Å². The molecule has 0 saturated heterocycles. The molecule has 0 bridgehead atoms. The molecule has 1 rings (SSSR count). The van der Waals surface area contributed by atoms with Gasteiger partial charge in [0.2, 0.25) is 0 Å². The predicted octanol–water partition coefficient (Wildman–Crippen LogP) is 6.13. The van der Waals surface area contributed by atoms with Crippen LogP contribution in [0, 0.1) is 0 Å². The molecule has 0 aliphatic rings. The number of carboxylic acid groups (broad SMARTS) is 1. The van der Waals surface area contributed by atoms with E-state index in [0.717, 1.165) is 28.0 Å². The maximum absolute atomic E-state index is 10.8. The third kappa shape index (κ3) is 7.54. The van der Waals surface area contributed by atoms with E-state index in [-0.39, 0.29) is 10.8 Å². The zero-order valence-corrected chi connectivity index (χ0v) is 19.7. The summed E-state index contributed by atoms with van der Waals surface area (Å²) in [5.41, 5.74) is 5.09. The average Bonchev–Trinajstić information content (AvgIpc) is 2.51. The van der Waals surface area contributed by atoms with Crippen molar-refractivity contribution >= 4 is 11.5 Å². The van der Waals surface area contributed by atoms with Gasteiger partial charge in [-0.15, -0.1) is 0 Å². The van der Waals surface area contributed by atoms with Crippen LogP contribution in [0.4, 0.5) is 0 Å². The van der Waals surface area contributed by atoms with Gasteiger partial charge in [0, 0.05) is 31.3 Å². The lowest BCUT2D eigenvalue weighted by molar-refractivity contribution is -0.131. The van der Waals surface area contributed by atoms with Gasteiger partial charge in [-0.25, -0.2) is 4.79 Å². The maximum atomic E-state index is 10.8. The fourth-order valence-electron chi connectivity index (χ4n) is 2.93. The minimum atomic E-state index is -0.936. The molecule has 4 nitrogen and oxygen atoms in total. The molecule has 0 amide bonds. The number of carboxylic acids is 1. The fourth-order valence-corrected chi connectivity index (χ4v) is 2.93. The topological polar surface area (TPSA) is 49.8 Å². The molecule has 0 saturated carbocycles. The lowest BCUT2D eigenvalue weighted by Crippen LogP contribution is -2.25. The van der Waals surface area contributed by atoms with Crippen molar-refractivity contribution in [2.75, 3.05) is 14.1 Å². The zero-order valence-electron chi connectivity index (χ0n) is 19.7. The summed E-state index contributed by atoms with van der Waals surface area (Å²) >= 11 is 0. The molecule has 0 radical (unpaired) electrons. The third-order valence-corrected chi connectivity index (χ3v) is 4.49. The second-order valence-corrected chi connectivity index (χ2v) is 9.74. The molecule has 1 aromatic carbocycles. The van der Waals surface area contributed by atoms with E-state index < -0.39 is 5.97 Å². The van der Waals surface area contributed by atoms with Crippen molar-refractivity contribution in [2.45, 2.75) is 66.2 Å². The smallest absolute Gasteiger partial charge is 0.328 e. The Morgan fingerprint density at radius 1 is 1.00 bits per heavy atom. The maximum Gasteiger partial charge on any atom is 0.328 e. The number of hydrogen-bond acceptors (Lipinski definition) is 3. The van der Waals surface area contributed by atoms with Gasteiger partial charge < -0.3 is 9.94 Å². The van der Waals surface area contributed by atoms with Crippen LogP contribution in [0.5, 0.6) is 5.75 Å². The van der Waals surface area contributed by atoms with E-state index in [2.05, 4.69) is 60.6 Å². The van der Waals surface area contributed by atoms with Crippen molar-refractivity contribution in [3.63, 3.8) is 0 Å². The Morgan fingerprint density at radius 2 is 1.48 bits per heavy atom. The Balaban J connectivity index is 3.58. The minimum Gasteiger partial charge on any atom is -0.478 e. The van der Waals surface area contributed by atoms with Crippen LogP contribution in [0.3, 0.4) is 0 Å². The lowest BCUT2D eigenvalue weighted by atomic mass is 9.77. The molecule has 0 spiro atoms. The van der Waals surface area contributed by atoms with Gasteiger partial charge in [0.05, 0.1) is 0 Å². The molecule has 0 atom stereocenters. The van der Waals surface area contributed by atoms with Gasteiger partial charge >= 0.3 is 5.97 Å². The molecule has 0 unspecified atom stereocenters. The summed E-state index contributed by atoms with van der Waals surface area (Å²) in [7, 11) is 3.80. The van der Waals surface area contributed by atoms with E-state index in [4.69, 9.17) is 9.94 Å². The zero-order chi connectivity index (χ0) is 22.6. The van der Waals surface area contributed by atoms with Crippen molar-refractivity contribution in [1.82, 2.24) is 5.06 Å². The molecule has 1 N–H and O–H groups in total. The normalized spacial score (nSPS) is 14.0. The molecule has 4 heteroatoms. The van der Waals surface area contributed by atoms with Crippen molar-refractivity contribution < 1.29 is 14.7 Å². The van der Waals surface area contributed by atoms with Crippen molar-refractivity contribution in [1.29, 1.82) is 0 Å². The van der Waals surface area contributed by atoms with Crippen LogP contribution < -0.4 is 4.84 Å². The number of hydrogen-bond donors (Lipinski definition) is 1. The summed E-state index contributed by atoms with van der Waals surface area (Å²) < 4.78 is 0. The van der Waals surface area contributed by atoms with Gasteiger partial charge in [-0.2, -0.15) is 5.06 Å². The van der Waals surface area contributed by atoms with E-state index in [0.29, 0.717) is 5.57 Å². The Bertz CT molecular complexity index is 794. The molecule has 0 heterocycles. The Morgan fingerprint density at radius 3 is 1.86 bits per heavy atom. The Kier molecular flexibility index (Phi) is 8.05. The molecular weight excluding hydrogens is 362 g/mol. The third-order valence-electron chi connectivity index (χ3n) is 4.49. The highest BCUT2D eigenvalue weighted by atomic mass is 16.7. The number of benzene rings is 1. The van der Waals surface area contributed by atoms with Gasteiger partial charge in [0.1, 0.15) is 0 Å². The van der Waals surface area contributed by atoms with Gasteiger partial charge in [0.25, 0.3) is 0 Å². The molecule has 1 aromatic rings. The van der Waals surface area contributed by atoms with Gasteiger partial charge in [-0.3, -0.25) is 0 Å². The highest BCUT2D eigenvalue weighted by molar-refractivity contribution is 5.81. The summed E-state index contributed by atoms with van der Waals surface area (Å²) in [4.78, 5) is 16.9. The van der Waals surface area contributed by atoms with E-state index in [9.17, 15) is 4.79 Å². The number of allylic oxidation sites excluding steroid dienone is 5. The average molecular weight is 400 g/mol. The second-order valence-electron chi connectivity index (χ2n) is 9.74. The monoisotopic (exact) mass is 399 g/mol. The molecule has 160 valence electrons. The summed E-state index contributed by atoms with van der Waals surface area (Å²) in [6.07, 6.45) is 6.90. The number of aliphatic carboxylic acids is 1. The first-order valence-electron chi connectivity index (χ1n) is 9.93. The van der Waals surface area contributed by atoms with Gasteiger partial charge in [-0.1, -0.05) is 59.8 Å². The number of rotatable bonds is 6.